The molecule has 3 aromatic heterocycles. The fourth-order valence-corrected chi connectivity index (χ4v) is 3.22. The summed E-state index contributed by atoms with van der Waals surface area (Å²) in [5, 5.41) is 11.3. The molecule has 9 heteroatoms. The van der Waals surface area contributed by atoms with Gasteiger partial charge in [-0.2, -0.15) is 10.1 Å². The van der Waals surface area contributed by atoms with Gasteiger partial charge in [-0.15, -0.1) is 0 Å². The quantitative estimate of drug-likeness (QED) is 0.682. The molecular weight excluding hydrogens is 372 g/mol. The molecule has 3 aromatic rings. The lowest BCUT2D eigenvalue weighted by molar-refractivity contribution is 0.0857. The van der Waals surface area contributed by atoms with Gasteiger partial charge in [0.05, 0.1) is 23.6 Å². The van der Waals surface area contributed by atoms with Gasteiger partial charge in [0.2, 0.25) is 0 Å². The van der Waals surface area contributed by atoms with E-state index in [4.69, 9.17) is 9.26 Å². The average Bonchev–Trinajstić information content (AvgIpc) is 3.47. The highest BCUT2D eigenvalue weighted by atomic mass is 16.5. The number of nitrogens with one attached hydrogen (secondary N) is 1. The minimum absolute atomic E-state index is 0.0952. The van der Waals surface area contributed by atoms with Crippen molar-refractivity contribution in [3.05, 3.63) is 41.6 Å². The Hall–Kier alpha value is -3.07. The van der Waals surface area contributed by atoms with E-state index >= 15 is 0 Å². The molecular formula is C20H24N6O3. The second-order valence-electron chi connectivity index (χ2n) is 7.42. The number of ether oxygens (including phenoxy) is 1. The van der Waals surface area contributed by atoms with Crippen molar-refractivity contribution in [1.82, 2.24) is 30.2 Å². The molecule has 1 fully saturated rings. The first-order chi connectivity index (χ1) is 14.0. The van der Waals surface area contributed by atoms with Crippen molar-refractivity contribution in [2.45, 2.75) is 45.6 Å². The first-order valence-corrected chi connectivity index (χ1v) is 9.77. The predicted octanol–water partition coefficient (Wildman–Crippen LogP) is 2.66. The molecule has 0 spiro atoms. The molecule has 0 radical (unpaired) electrons. The lowest BCUT2D eigenvalue weighted by Gasteiger charge is -2.10. The van der Waals surface area contributed by atoms with Gasteiger partial charge in [0, 0.05) is 30.8 Å². The van der Waals surface area contributed by atoms with Crippen molar-refractivity contribution in [2.75, 3.05) is 13.2 Å². The maximum atomic E-state index is 12.5. The number of aromatic nitrogens is 5. The molecule has 0 bridgehead atoms. The third-order valence-corrected chi connectivity index (χ3v) is 4.94. The zero-order chi connectivity index (χ0) is 20.4. The lowest BCUT2D eigenvalue weighted by Crippen LogP contribution is -2.32. The van der Waals surface area contributed by atoms with Gasteiger partial charge in [0.15, 0.2) is 11.6 Å². The van der Waals surface area contributed by atoms with Crippen molar-refractivity contribution in [1.29, 1.82) is 0 Å². The number of hydrogen-bond donors (Lipinski definition) is 1. The van der Waals surface area contributed by atoms with Crippen LogP contribution in [0.3, 0.4) is 0 Å². The van der Waals surface area contributed by atoms with E-state index in [1.165, 1.54) is 0 Å². The third kappa shape index (κ3) is 4.04. The Morgan fingerprint density at radius 3 is 3.00 bits per heavy atom. The highest BCUT2D eigenvalue weighted by Gasteiger charge is 2.20. The van der Waals surface area contributed by atoms with Gasteiger partial charge < -0.3 is 14.6 Å². The standard InChI is InChI=1S/C20H24N6O3/c1-12(2)18-24-20(29-25-18)14-6-7-21-17(9-14)26-13(3)16(11-23-26)19(27)22-10-15-5-4-8-28-15/h6-7,9,11-12,15H,4-5,8,10H2,1-3H3,(H,22,27)/t15-/m1/s1. The minimum Gasteiger partial charge on any atom is -0.376 e. The summed E-state index contributed by atoms with van der Waals surface area (Å²) >= 11 is 0. The second kappa shape index (κ2) is 8.12. The molecule has 152 valence electrons. The first kappa shape index (κ1) is 19.3. The van der Waals surface area contributed by atoms with Crippen LogP contribution in [0.5, 0.6) is 0 Å². The van der Waals surface area contributed by atoms with Crippen LogP contribution in [0.15, 0.2) is 29.0 Å². The fourth-order valence-electron chi connectivity index (χ4n) is 3.22. The Labute approximate surface area is 168 Å². The first-order valence-electron chi connectivity index (χ1n) is 9.77. The highest BCUT2D eigenvalue weighted by Crippen LogP contribution is 2.22. The maximum Gasteiger partial charge on any atom is 0.258 e. The largest absolute Gasteiger partial charge is 0.376 e. The maximum absolute atomic E-state index is 12.5. The second-order valence-corrected chi connectivity index (χ2v) is 7.42. The molecule has 1 N–H and O–H groups in total. The van der Waals surface area contributed by atoms with E-state index in [-0.39, 0.29) is 17.9 Å². The Kier molecular flexibility index (Phi) is 5.39. The molecule has 1 saturated heterocycles. The molecule has 0 unspecified atom stereocenters. The minimum atomic E-state index is -0.168. The van der Waals surface area contributed by atoms with Crippen LogP contribution in [0, 0.1) is 6.92 Å². The Morgan fingerprint density at radius 2 is 2.28 bits per heavy atom. The van der Waals surface area contributed by atoms with Crippen molar-refractivity contribution in [3.63, 3.8) is 0 Å². The van der Waals surface area contributed by atoms with Crippen LogP contribution in [0.2, 0.25) is 0 Å². The number of carbonyl (C=O) groups is 1. The van der Waals surface area contributed by atoms with Crippen LogP contribution >= 0.6 is 0 Å². The number of nitrogens with zero attached hydrogens (tertiary/aromatic N) is 5. The molecule has 1 atom stereocenters. The topological polar surface area (TPSA) is 108 Å². The molecule has 4 heterocycles. The van der Waals surface area contributed by atoms with Crippen LogP contribution in [0.25, 0.3) is 17.3 Å². The summed E-state index contributed by atoms with van der Waals surface area (Å²) < 4.78 is 12.5. The zero-order valence-electron chi connectivity index (χ0n) is 16.8. The van der Waals surface area contributed by atoms with Gasteiger partial charge in [0.1, 0.15) is 0 Å². The van der Waals surface area contributed by atoms with Crippen LogP contribution in [-0.2, 0) is 4.74 Å². The van der Waals surface area contributed by atoms with E-state index in [9.17, 15) is 4.79 Å². The predicted molar refractivity (Wildman–Crippen MR) is 105 cm³/mol. The van der Waals surface area contributed by atoms with Crippen molar-refractivity contribution >= 4 is 5.91 Å². The third-order valence-electron chi connectivity index (χ3n) is 4.94. The van der Waals surface area contributed by atoms with Crippen LogP contribution in [0.4, 0.5) is 0 Å². The molecule has 1 amide bonds. The number of amides is 1. The van der Waals surface area contributed by atoms with Crippen LogP contribution in [0.1, 0.15) is 54.5 Å². The fraction of sp³-hybridized carbons (Fsp3) is 0.450. The molecule has 4 rings (SSSR count). The molecule has 1 aliphatic heterocycles. The van der Waals surface area contributed by atoms with Gasteiger partial charge in [-0.05, 0) is 31.9 Å². The van der Waals surface area contributed by atoms with E-state index in [0.717, 1.165) is 25.0 Å². The summed E-state index contributed by atoms with van der Waals surface area (Å²) in [5.41, 5.74) is 1.96. The number of hydrogen-bond acceptors (Lipinski definition) is 7. The smallest absolute Gasteiger partial charge is 0.258 e. The summed E-state index contributed by atoms with van der Waals surface area (Å²) in [6, 6.07) is 3.61. The summed E-state index contributed by atoms with van der Waals surface area (Å²) in [6.07, 6.45) is 5.32. The average molecular weight is 396 g/mol. The van der Waals surface area contributed by atoms with Crippen molar-refractivity contribution in [2.24, 2.45) is 0 Å². The van der Waals surface area contributed by atoms with Crippen LogP contribution < -0.4 is 5.32 Å². The summed E-state index contributed by atoms with van der Waals surface area (Å²) in [7, 11) is 0. The normalized spacial score (nSPS) is 16.5. The Morgan fingerprint density at radius 1 is 1.41 bits per heavy atom. The van der Waals surface area contributed by atoms with Crippen molar-refractivity contribution in [3.8, 4) is 17.3 Å². The molecule has 0 aromatic carbocycles. The van der Waals surface area contributed by atoms with Crippen molar-refractivity contribution < 1.29 is 14.1 Å². The Balaban J connectivity index is 1.53. The van der Waals surface area contributed by atoms with E-state index < -0.39 is 0 Å². The van der Waals surface area contributed by atoms with Gasteiger partial charge in [-0.1, -0.05) is 19.0 Å². The lowest BCUT2D eigenvalue weighted by atomic mass is 10.2. The summed E-state index contributed by atoms with van der Waals surface area (Å²) in [6.45, 7) is 7.12. The number of pyridine rings is 1. The summed E-state index contributed by atoms with van der Waals surface area (Å²) in [4.78, 5) is 21.3. The monoisotopic (exact) mass is 396 g/mol. The Bertz CT molecular complexity index is 1000. The van der Waals surface area contributed by atoms with Gasteiger partial charge in [-0.3, -0.25) is 4.79 Å². The van der Waals surface area contributed by atoms with Gasteiger partial charge in [-0.25, -0.2) is 9.67 Å². The van der Waals surface area contributed by atoms with Gasteiger partial charge in [0.25, 0.3) is 11.8 Å². The van der Waals surface area contributed by atoms with E-state index in [1.54, 1.807) is 23.1 Å². The number of rotatable bonds is 6. The van der Waals surface area contributed by atoms with Crippen LogP contribution in [-0.4, -0.2) is 50.1 Å². The summed E-state index contributed by atoms with van der Waals surface area (Å²) in [5.74, 6) is 1.66. The van der Waals surface area contributed by atoms with E-state index in [2.05, 4.69) is 25.5 Å². The number of carbonyl (C=O) groups excluding carboxylic acids is 1. The molecule has 1 aliphatic rings. The molecule has 29 heavy (non-hydrogen) atoms. The molecule has 0 aliphatic carbocycles. The molecule has 9 nitrogen and oxygen atoms in total. The van der Waals surface area contributed by atoms with Gasteiger partial charge >= 0.3 is 0 Å². The SMILES string of the molecule is Cc1c(C(=O)NC[C@H]2CCCO2)cnn1-c1cc(-c2nc(C(C)C)no2)ccn1. The zero-order valence-corrected chi connectivity index (χ0v) is 16.8. The van der Waals surface area contributed by atoms with E-state index in [0.29, 0.717) is 35.3 Å². The highest BCUT2D eigenvalue weighted by molar-refractivity contribution is 5.95. The molecule has 0 saturated carbocycles. The van der Waals surface area contributed by atoms with E-state index in [1.807, 2.05) is 26.8 Å².